The molecule has 2 atom stereocenters. The largest absolute Gasteiger partial charge is 0.453 e. The third-order valence-corrected chi connectivity index (χ3v) is 3.21. The van der Waals surface area contributed by atoms with Crippen molar-refractivity contribution in [2.75, 3.05) is 13.7 Å². The highest BCUT2D eigenvalue weighted by Crippen LogP contribution is 2.37. The van der Waals surface area contributed by atoms with E-state index in [1.165, 1.54) is 7.11 Å². The van der Waals surface area contributed by atoms with Gasteiger partial charge >= 0.3 is 6.09 Å². The molecule has 80 valence electrons. The number of likely N-dealkylation sites (tertiary alicyclic amines) is 1. The maximum Gasteiger partial charge on any atom is 0.409 e. The minimum atomic E-state index is -0.336. The number of aliphatic hydroxyl groups is 1. The van der Waals surface area contributed by atoms with Crippen LogP contribution >= 0.6 is 0 Å². The van der Waals surface area contributed by atoms with Crippen LogP contribution in [-0.2, 0) is 4.74 Å². The second-order valence-corrected chi connectivity index (χ2v) is 4.20. The van der Waals surface area contributed by atoms with Gasteiger partial charge in [-0.15, -0.1) is 0 Å². The van der Waals surface area contributed by atoms with Crippen LogP contribution in [0.4, 0.5) is 4.79 Å². The summed E-state index contributed by atoms with van der Waals surface area (Å²) in [6.07, 6.45) is 3.46. The Morgan fingerprint density at radius 3 is 2.79 bits per heavy atom. The molecule has 2 aliphatic rings. The monoisotopic (exact) mass is 199 g/mol. The third kappa shape index (κ3) is 1.71. The van der Waals surface area contributed by atoms with E-state index in [0.717, 1.165) is 32.2 Å². The molecule has 4 nitrogen and oxygen atoms in total. The van der Waals surface area contributed by atoms with Crippen LogP contribution in [0.3, 0.4) is 0 Å². The van der Waals surface area contributed by atoms with E-state index in [4.69, 9.17) is 4.74 Å². The number of carbonyl (C=O) groups excluding carboxylic acids is 1. The highest BCUT2D eigenvalue weighted by Gasteiger charge is 2.41. The van der Waals surface area contributed by atoms with E-state index in [1.807, 2.05) is 0 Å². The predicted molar refractivity (Wildman–Crippen MR) is 50.9 cm³/mol. The zero-order chi connectivity index (χ0) is 10.1. The Bertz CT molecular complexity index is 227. The Kier molecular flexibility index (Phi) is 2.63. The molecule has 0 radical (unpaired) electrons. The van der Waals surface area contributed by atoms with Gasteiger partial charge in [0.15, 0.2) is 0 Å². The van der Waals surface area contributed by atoms with E-state index < -0.39 is 0 Å². The molecule has 0 bridgehead atoms. The summed E-state index contributed by atoms with van der Waals surface area (Å²) in [4.78, 5) is 13.0. The van der Waals surface area contributed by atoms with Crippen LogP contribution in [-0.4, -0.2) is 41.9 Å². The molecule has 2 unspecified atom stereocenters. The number of aliphatic hydroxyl groups excluding tert-OH is 1. The summed E-state index contributed by atoms with van der Waals surface area (Å²) in [7, 11) is 1.39. The van der Waals surface area contributed by atoms with Crippen LogP contribution in [0, 0.1) is 5.92 Å². The molecule has 0 aromatic heterocycles. The maximum absolute atomic E-state index is 11.4. The van der Waals surface area contributed by atoms with Crippen molar-refractivity contribution < 1.29 is 14.6 Å². The highest BCUT2D eigenvalue weighted by atomic mass is 16.5. The molecule has 4 heteroatoms. The van der Waals surface area contributed by atoms with Gasteiger partial charge in [-0.2, -0.15) is 0 Å². The van der Waals surface area contributed by atoms with E-state index >= 15 is 0 Å². The minimum absolute atomic E-state index is 0.00468. The highest BCUT2D eigenvalue weighted by molar-refractivity contribution is 5.68. The molecule has 14 heavy (non-hydrogen) atoms. The van der Waals surface area contributed by atoms with Gasteiger partial charge in [0.25, 0.3) is 0 Å². The fraction of sp³-hybridized carbons (Fsp3) is 0.900. The average molecular weight is 199 g/mol. The number of hydrogen-bond acceptors (Lipinski definition) is 3. The van der Waals surface area contributed by atoms with E-state index in [1.54, 1.807) is 4.90 Å². The lowest BCUT2D eigenvalue weighted by Gasteiger charge is -2.27. The normalized spacial score (nSPS) is 29.0. The second kappa shape index (κ2) is 3.77. The molecular formula is C10H17NO3. The summed E-state index contributed by atoms with van der Waals surface area (Å²) in [6.45, 7) is 0.723. The van der Waals surface area contributed by atoms with E-state index in [2.05, 4.69) is 0 Å². The van der Waals surface area contributed by atoms with Gasteiger partial charge < -0.3 is 14.7 Å². The Morgan fingerprint density at radius 1 is 1.50 bits per heavy atom. The van der Waals surface area contributed by atoms with E-state index in [9.17, 15) is 9.90 Å². The summed E-state index contributed by atoms with van der Waals surface area (Å²) >= 11 is 0. The quantitative estimate of drug-likeness (QED) is 0.721. The molecule has 1 N–H and O–H groups in total. The first-order valence-electron chi connectivity index (χ1n) is 5.26. The fourth-order valence-electron chi connectivity index (χ4n) is 2.24. The van der Waals surface area contributed by atoms with Crippen molar-refractivity contribution in [3.63, 3.8) is 0 Å². The fourth-order valence-corrected chi connectivity index (χ4v) is 2.24. The first-order chi connectivity index (χ1) is 6.74. The van der Waals surface area contributed by atoms with Gasteiger partial charge in [-0.1, -0.05) is 0 Å². The number of methoxy groups -OCH3 is 1. The average Bonchev–Trinajstić information content (AvgIpc) is 2.93. The molecule has 0 aromatic carbocycles. The lowest BCUT2D eigenvalue weighted by Crippen LogP contribution is -2.43. The number of hydrogen-bond donors (Lipinski definition) is 1. The van der Waals surface area contributed by atoms with Crippen LogP contribution in [0.25, 0.3) is 0 Å². The Labute approximate surface area is 83.8 Å². The number of amides is 1. The van der Waals surface area contributed by atoms with Gasteiger partial charge in [0.05, 0.1) is 19.3 Å². The van der Waals surface area contributed by atoms with Crippen molar-refractivity contribution in [3.8, 4) is 0 Å². The van der Waals surface area contributed by atoms with Gasteiger partial charge in [0, 0.05) is 6.54 Å². The summed E-state index contributed by atoms with van der Waals surface area (Å²) < 4.78 is 4.69. The SMILES string of the molecule is COC(=O)N1CCCC1C(O)C1CC1. The van der Waals surface area contributed by atoms with Gasteiger partial charge in [0.2, 0.25) is 0 Å². The molecule has 1 saturated carbocycles. The lowest BCUT2D eigenvalue weighted by atomic mass is 10.0. The van der Waals surface area contributed by atoms with Crippen LogP contribution in [0.15, 0.2) is 0 Å². The maximum atomic E-state index is 11.4. The number of carbonyl (C=O) groups is 1. The number of nitrogens with zero attached hydrogens (tertiary/aromatic N) is 1. The molecule has 1 aliphatic carbocycles. The van der Waals surface area contributed by atoms with Crippen molar-refractivity contribution in [2.24, 2.45) is 5.92 Å². The third-order valence-electron chi connectivity index (χ3n) is 3.21. The number of ether oxygens (including phenoxy) is 1. The standard InChI is InChI=1S/C10H17NO3/c1-14-10(13)11-6-2-3-8(11)9(12)7-4-5-7/h7-9,12H,2-6H2,1H3. The topological polar surface area (TPSA) is 49.8 Å². The summed E-state index contributed by atoms with van der Waals surface area (Å²) in [5.74, 6) is 0.422. The van der Waals surface area contributed by atoms with Crippen molar-refractivity contribution >= 4 is 6.09 Å². The summed E-state index contributed by atoms with van der Waals surface area (Å²) in [5.41, 5.74) is 0. The first-order valence-corrected chi connectivity index (χ1v) is 5.26. The van der Waals surface area contributed by atoms with Crippen molar-refractivity contribution in [1.29, 1.82) is 0 Å². The molecule has 0 spiro atoms. The zero-order valence-corrected chi connectivity index (χ0v) is 8.48. The summed E-state index contributed by atoms with van der Waals surface area (Å²) in [6, 6.07) is -0.00468. The Balaban J connectivity index is 1.98. The molecule has 2 fully saturated rings. The first kappa shape index (κ1) is 9.77. The Hall–Kier alpha value is -0.770. The van der Waals surface area contributed by atoms with Crippen LogP contribution in [0.2, 0.25) is 0 Å². The second-order valence-electron chi connectivity index (χ2n) is 4.20. The van der Waals surface area contributed by atoms with Gasteiger partial charge in [-0.3, -0.25) is 0 Å². The molecular weight excluding hydrogens is 182 g/mol. The van der Waals surface area contributed by atoms with Crippen molar-refractivity contribution in [2.45, 2.75) is 37.8 Å². The van der Waals surface area contributed by atoms with Crippen LogP contribution in [0.1, 0.15) is 25.7 Å². The predicted octanol–water partition coefficient (Wildman–Crippen LogP) is 0.988. The molecule has 1 heterocycles. The van der Waals surface area contributed by atoms with E-state index in [-0.39, 0.29) is 18.2 Å². The number of rotatable bonds is 2. The molecule has 2 rings (SSSR count). The van der Waals surface area contributed by atoms with Crippen LogP contribution in [0.5, 0.6) is 0 Å². The summed E-state index contributed by atoms with van der Waals surface area (Å²) in [5, 5.41) is 9.95. The molecule has 0 aromatic rings. The Morgan fingerprint density at radius 2 is 2.21 bits per heavy atom. The zero-order valence-electron chi connectivity index (χ0n) is 8.48. The van der Waals surface area contributed by atoms with Crippen molar-refractivity contribution in [3.05, 3.63) is 0 Å². The minimum Gasteiger partial charge on any atom is -0.453 e. The van der Waals surface area contributed by atoms with Gasteiger partial charge in [-0.25, -0.2) is 4.79 Å². The van der Waals surface area contributed by atoms with Gasteiger partial charge in [-0.05, 0) is 31.6 Å². The molecule has 1 amide bonds. The molecule has 1 saturated heterocycles. The van der Waals surface area contributed by atoms with E-state index in [0.29, 0.717) is 5.92 Å². The van der Waals surface area contributed by atoms with Crippen molar-refractivity contribution in [1.82, 2.24) is 4.90 Å². The van der Waals surface area contributed by atoms with Gasteiger partial charge in [0.1, 0.15) is 0 Å². The van der Waals surface area contributed by atoms with Crippen LogP contribution < -0.4 is 0 Å². The lowest BCUT2D eigenvalue weighted by molar-refractivity contribution is 0.0486. The molecule has 1 aliphatic heterocycles. The smallest absolute Gasteiger partial charge is 0.409 e.